The van der Waals surface area contributed by atoms with Crippen molar-refractivity contribution in [2.24, 2.45) is 0 Å². The molecule has 10 heteroatoms. The second-order valence-electron chi connectivity index (χ2n) is 4.20. The molecule has 0 saturated heterocycles. The fourth-order valence-electron chi connectivity index (χ4n) is 1.36. The number of hydrogen-bond acceptors (Lipinski definition) is 8. The van der Waals surface area contributed by atoms with E-state index in [0.29, 0.717) is 5.52 Å². The third-order valence-corrected chi connectivity index (χ3v) is 1.99. The van der Waals surface area contributed by atoms with E-state index < -0.39 is 17.9 Å². The Bertz CT molecular complexity index is 665. The number of fused-ring (bicyclic) bond motifs is 1. The molecule has 0 amide bonds. The molecule has 2 rings (SSSR count). The van der Waals surface area contributed by atoms with Gasteiger partial charge in [0.25, 0.3) is 0 Å². The van der Waals surface area contributed by atoms with E-state index in [1.165, 1.54) is 6.20 Å². The van der Waals surface area contributed by atoms with Gasteiger partial charge in [-0.05, 0) is 26.8 Å². The Kier molecular flexibility index (Phi) is 17.5. The molecule has 0 aliphatic heterocycles. The molecule has 2 aromatic rings. The summed E-state index contributed by atoms with van der Waals surface area (Å²) in [5, 5.41) is 38.8. The molecule has 0 aliphatic carbocycles. The molecule has 0 spiro atoms. The van der Waals surface area contributed by atoms with Crippen LogP contribution in [0.2, 0.25) is 0 Å². The van der Waals surface area contributed by atoms with Crippen molar-refractivity contribution >= 4 is 56.1 Å². The van der Waals surface area contributed by atoms with Crippen LogP contribution in [0.5, 0.6) is 5.75 Å². The van der Waals surface area contributed by atoms with Crippen molar-refractivity contribution in [2.45, 2.75) is 20.8 Å². The fourth-order valence-corrected chi connectivity index (χ4v) is 1.36. The third-order valence-electron chi connectivity index (χ3n) is 1.99. The molecule has 142 valence electrons. The summed E-state index contributed by atoms with van der Waals surface area (Å²) in [7, 11) is 1.59. The summed E-state index contributed by atoms with van der Waals surface area (Å²) in [6, 6.07) is 9.00. The minimum atomic E-state index is -1.08. The van der Waals surface area contributed by atoms with Crippen LogP contribution in [0.3, 0.4) is 0 Å². The maximum Gasteiger partial charge on any atom is 0.227 e. The van der Waals surface area contributed by atoms with E-state index in [1.807, 2.05) is 18.2 Å². The summed E-state index contributed by atoms with van der Waals surface area (Å²) in [6.07, 6.45) is 1.45. The molecule has 0 atom stereocenters. The number of benzene rings is 1. The van der Waals surface area contributed by atoms with Gasteiger partial charge < -0.3 is 39.6 Å². The zero-order valence-corrected chi connectivity index (χ0v) is 18.6. The molecule has 0 unspecified atom stereocenters. The SMILES string of the molecule is CC(=O)[O-].CC(=O)[O-].CC(=O)[O-].COc1cc[n+]([O-])c2ccccc12.[Pb]. The van der Waals surface area contributed by atoms with Crippen molar-refractivity contribution in [3.63, 3.8) is 0 Å². The predicted molar refractivity (Wildman–Crippen MR) is 87.3 cm³/mol. The van der Waals surface area contributed by atoms with Crippen LogP contribution in [0.4, 0.5) is 0 Å². The van der Waals surface area contributed by atoms with E-state index in [4.69, 9.17) is 34.4 Å². The molecular weight excluding hydrogens is 541 g/mol. The Hall–Kier alpha value is -2.44. The number of carbonyl (C=O) groups excluding carboxylic acids is 3. The van der Waals surface area contributed by atoms with E-state index in [9.17, 15) is 5.21 Å². The van der Waals surface area contributed by atoms with Gasteiger partial charge in [-0.1, -0.05) is 12.1 Å². The van der Waals surface area contributed by atoms with Gasteiger partial charge in [0.05, 0.1) is 12.5 Å². The van der Waals surface area contributed by atoms with Crippen LogP contribution in [0.1, 0.15) is 20.8 Å². The Morgan fingerprint density at radius 3 is 1.65 bits per heavy atom. The first-order chi connectivity index (χ1) is 11.5. The smallest absolute Gasteiger partial charge is 0.227 e. The van der Waals surface area contributed by atoms with Gasteiger partial charge in [-0.15, -0.1) is 0 Å². The number of aliphatic carboxylic acids is 3. The summed E-state index contributed by atoms with van der Waals surface area (Å²) >= 11 is 0. The molecule has 0 aliphatic rings. The van der Waals surface area contributed by atoms with Crippen molar-refractivity contribution in [2.75, 3.05) is 7.11 Å². The van der Waals surface area contributed by atoms with Gasteiger partial charge in [-0.25, -0.2) is 0 Å². The number of hydrogen-bond donors (Lipinski definition) is 0. The van der Waals surface area contributed by atoms with Crippen LogP contribution < -0.4 is 24.8 Å². The quantitative estimate of drug-likeness (QED) is 0.209. The van der Waals surface area contributed by atoms with E-state index >= 15 is 0 Å². The van der Waals surface area contributed by atoms with Gasteiger partial charge >= 0.3 is 0 Å². The molecule has 26 heavy (non-hydrogen) atoms. The molecule has 9 nitrogen and oxygen atoms in total. The van der Waals surface area contributed by atoms with Gasteiger partial charge in [-0.3, -0.25) is 0 Å². The topological polar surface area (TPSA) is 157 Å². The number of para-hydroxylation sites is 1. The summed E-state index contributed by atoms with van der Waals surface area (Å²) < 4.78 is 5.96. The molecular formula is C16H18NO8Pb-3. The van der Waals surface area contributed by atoms with E-state index in [-0.39, 0.29) is 27.3 Å². The first-order valence-corrected chi connectivity index (χ1v) is 6.70. The van der Waals surface area contributed by atoms with E-state index in [0.717, 1.165) is 36.6 Å². The number of rotatable bonds is 1. The first-order valence-electron chi connectivity index (χ1n) is 6.70. The Labute approximate surface area is 170 Å². The predicted octanol–water partition coefficient (Wildman–Crippen LogP) is -2.63. The average molecular weight is 560 g/mol. The van der Waals surface area contributed by atoms with Crippen molar-refractivity contribution < 1.29 is 39.2 Å². The number of aromatic nitrogens is 1. The van der Waals surface area contributed by atoms with Gasteiger partial charge in [-0.2, -0.15) is 4.73 Å². The molecule has 0 saturated carbocycles. The number of nitrogens with zero attached hydrogens (tertiary/aromatic N) is 1. The number of ether oxygens (including phenoxy) is 1. The monoisotopic (exact) mass is 560 g/mol. The normalized spacial score (nSPS) is 8.00. The van der Waals surface area contributed by atoms with Gasteiger partial charge in [0.2, 0.25) is 5.52 Å². The van der Waals surface area contributed by atoms with E-state index in [2.05, 4.69) is 0 Å². The third kappa shape index (κ3) is 16.4. The van der Waals surface area contributed by atoms with Gasteiger partial charge in [0, 0.05) is 57.3 Å². The van der Waals surface area contributed by atoms with Crippen LogP contribution >= 0.6 is 0 Å². The zero-order chi connectivity index (χ0) is 20.0. The second-order valence-corrected chi connectivity index (χ2v) is 4.20. The summed E-state index contributed by atoms with van der Waals surface area (Å²) in [6.45, 7) is 2.92. The van der Waals surface area contributed by atoms with Crippen molar-refractivity contribution in [3.8, 4) is 5.75 Å². The number of carboxylic acid groups (broad SMARTS) is 3. The number of methoxy groups -OCH3 is 1. The molecule has 0 N–H and O–H groups in total. The maximum atomic E-state index is 11.3. The van der Waals surface area contributed by atoms with Crippen LogP contribution in [-0.4, -0.2) is 52.3 Å². The second kappa shape index (κ2) is 16.1. The molecule has 1 heterocycles. The summed E-state index contributed by atoms with van der Waals surface area (Å²) in [5.41, 5.74) is 0.627. The number of carbonyl (C=O) groups is 3. The molecule has 0 fully saturated rings. The fraction of sp³-hybridized carbons (Fsp3) is 0.250. The molecule has 1 aromatic carbocycles. The van der Waals surface area contributed by atoms with Crippen molar-refractivity contribution in [1.82, 2.24) is 0 Å². The maximum absolute atomic E-state index is 11.3. The Balaban J connectivity index is -0.000000342. The van der Waals surface area contributed by atoms with Gasteiger partial charge in [0.15, 0.2) is 6.20 Å². The summed E-state index contributed by atoms with van der Waals surface area (Å²) in [5.74, 6) is -2.53. The summed E-state index contributed by atoms with van der Waals surface area (Å²) in [4.78, 5) is 26.7. The minimum absolute atomic E-state index is 0. The van der Waals surface area contributed by atoms with Crippen LogP contribution in [0, 0.1) is 5.21 Å². The molecule has 0 bridgehead atoms. The number of pyridine rings is 1. The van der Waals surface area contributed by atoms with Gasteiger partial charge in [0.1, 0.15) is 5.75 Å². The van der Waals surface area contributed by atoms with Crippen LogP contribution in [0.25, 0.3) is 10.9 Å². The average Bonchev–Trinajstić information content (AvgIpc) is 2.46. The van der Waals surface area contributed by atoms with Crippen LogP contribution in [-0.2, 0) is 14.4 Å². The van der Waals surface area contributed by atoms with Crippen molar-refractivity contribution in [3.05, 3.63) is 41.7 Å². The number of carboxylic acids is 3. The van der Waals surface area contributed by atoms with Crippen LogP contribution in [0.15, 0.2) is 36.5 Å². The molecule has 4 radical (unpaired) electrons. The van der Waals surface area contributed by atoms with E-state index in [1.54, 1.807) is 19.2 Å². The standard InChI is InChI=1S/C10H9NO2.3C2H4O2.Pb/c1-13-10-6-7-11(12)9-5-3-2-4-8(9)10;3*1-2(3)4;/h2-7H,1H3;3*1H3,(H,3,4);/p-3. The minimum Gasteiger partial charge on any atom is -0.618 e. The molecule has 1 aromatic heterocycles. The first kappa shape index (κ1) is 28.4. The zero-order valence-electron chi connectivity index (χ0n) is 14.7. The Morgan fingerprint density at radius 2 is 1.27 bits per heavy atom. The van der Waals surface area contributed by atoms with Crippen molar-refractivity contribution in [1.29, 1.82) is 0 Å². The Morgan fingerprint density at radius 1 is 0.885 bits per heavy atom. The largest absolute Gasteiger partial charge is 0.618 e.